The molecule has 1 atom stereocenters. The van der Waals surface area contributed by atoms with E-state index >= 15 is 0 Å². The minimum Gasteiger partial charge on any atom is -0.444 e. The third-order valence-electron chi connectivity index (χ3n) is 3.50. The van der Waals surface area contributed by atoms with Gasteiger partial charge in [0.1, 0.15) is 5.60 Å². The SMILES string of the molecule is CC(C)c1ccc(C(C)NC(=O)CCNC(=O)OC(C)(C)C)cc1. The topological polar surface area (TPSA) is 67.4 Å². The molecule has 5 heteroatoms. The van der Waals surface area contributed by atoms with Gasteiger partial charge >= 0.3 is 6.09 Å². The van der Waals surface area contributed by atoms with Crippen molar-refractivity contribution in [3.8, 4) is 0 Å². The largest absolute Gasteiger partial charge is 0.444 e. The van der Waals surface area contributed by atoms with Gasteiger partial charge in [0.2, 0.25) is 5.91 Å². The van der Waals surface area contributed by atoms with E-state index in [1.165, 1.54) is 5.56 Å². The van der Waals surface area contributed by atoms with Gasteiger partial charge in [0.05, 0.1) is 6.04 Å². The number of benzene rings is 1. The van der Waals surface area contributed by atoms with E-state index in [9.17, 15) is 9.59 Å². The summed E-state index contributed by atoms with van der Waals surface area (Å²) in [6.07, 6.45) is -0.291. The smallest absolute Gasteiger partial charge is 0.407 e. The zero-order valence-electron chi connectivity index (χ0n) is 15.6. The number of amides is 2. The predicted octanol–water partition coefficient (Wildman–Crippen LogP) is 3.90. The highest BCUT2D eigenvalue weighted by atomic mass is 16.6. The standard InChI is InChI=1S/C19H30N2O3/c1-13(2)15-7-9-16(10-8-15)14(3)21-17(22)11-12-20-18(23)24-19(4,5)6/h7-10,13-14H,11-12H2,1-6H3,(H,20,23)(H,21,22). The van der Waals surface area contributed by atoms with E-state index in [0.717, 1.165) is 5.56 Å². The lowest BCUT2D eigenvalue weighted by Crippen LogP contribution is -2.35. The lowest BCUT2D eigenvalue weighted by Gasteiger charge is -2.20. The van der Waals surface area contributed by atoms with E-state index in [2.05, 4.69) is 36.6 Å². The van der Waals surface area contributed by atoms with Gasteiger partial charge in [-0.05, 0) is 44.7 Å². The van der Waals surface area contributed by atoms with Gasteiger partial charge < -0.3 is 15.4 Å². The van der Waals surface area contributed by atoms with Crippen LogP contribution in [0.15, 0.2) is 24.3 Å². The third kappa shape index (κ3) is 7.49. The van der Waals surface area contributed by atoms with Crippen molar-refractivity contribution in [2.75, 3.05) is 6.54 Å². The minimum atomic E-state index is -0.539. The van der Waals surface area contributed by atoms with Gasteiger partial charge in [-0.25, -0.2) is 4.79 Å². The zero-order chi connectivity index (χ0) is 18.3. The first kappa shape index (κ1) is 20.0. The summed E-state index contributed by atoms with van der Waals surface area (Å²) in [4.78, 5) is 23.5. The van der Waals surface area contributed by atoms with Crippen molar-refractivity contribution in [1.29, 1.82) is 0 Å². The van der Waals surface area contributed by atoms with Crippen molar-refractivity contribution in [3.63, 3.8) is 0 Å². The molecule has 0 radical (unpaired) electrons. The Morgan fingerprint density at radius 1 is 1.04 bits per heavy atom. The van der Waals surface area contributed by atoms with Crippen LogP contribution >= 0.6 is 0 Å². The second-order valence-electron chi connectivity index (χ2n) is 7.29. The highest BCUT2D eigenvalue weighted by Crippen LogP contribution is 2.18. The van der Waals surface area contributed by atoms with Crippen molar-refractivity contribution < 1.29 is 14.3 Å². The molecular weight excluding hydrogens is 304 g/mol. The molecule has 0 aliphatic rings. The number of nitrogens with one attached hydrogen (secondary N) is 2. The Bertz CT molecular complexity index is 545. The normalized spacial score (nSPS) is 12.6. The average Bonchev–Trinajstić information content (AvgIpc) is 2.45. The molecule has 134 valence electrons. The predicted molar refractivity (Wildman–Crippen MR) is 95.9 cm³/mol. The minimum absolute atomic E-state index is 0.0692. The van der Waals surface area contributed by atoms with Crippen LogP contribution in [0, 0.1) is 0 Å². The zero-order valence-corrected chi connectivity index (χ0v) is 15.6. The van der Waals surface area contributed by atoms with E-state index in [-0.39, 0.29) is 24.9 Å². The summed E-state index contributed by atoms with van der Waals surface area (Å²) in [7, 11) is 0. The maximum absolute atomic E-state index is 12.0. The lowest BCUT2D eigenvalue weighted by atomic mass is 9.99. The van der Waals surface area contributed by atoms with Gasteiger partial charge in [0, 0.05) is 13.0 Å². The van der Waals surface area contributed by atoms with Crippen LogP contribution in [0.1, 0.15) is 71.0 Å². The second kappa shape index (κ2) is 8.71. The molecule has 5 nitrogen and oxygen atoms in total. The van der Waals surface area contributed by atoms with Gasteiger partial charge in [0.15, 0.2) is 0 Å². The molecule has 0 saturated carbocycles. The molecule has 24 heavy (non-hydrogen) atoms. The summed E-state index contributed by atoms with van der Waals surface area (Å²) in [6, 6.07) is 8.19. The maximum Gasteiger partial charge on any atom is 0.407 e. The van der Waals surface area contributed by atoms with Crippen molar-refractivity contribution >= 4 is 12.0 Å². The number of alkyl carbamates (subject to hydrolysis) is 1. The molecule has 1 rings (SSSR count). The first-order valence-corrected chi connectivity index (χ1v) is 8.44. The fourth-order valence-electron chi connectivity index (χ4n) is 2.16. The molecule has 0 spiro atoms. The number of hydrogen-bond acceptors (Lipinski definition) is 3. The maximum atomic E-state index is 12.0. The van der Waals surface area contributed by atoms with Crippen molar-refractivity contribution in [1.82, 2.24) is 10.6 Å². The Labute approximate surface area is 145 Å². The van der Waals surface area contributed by atoms with Gasteiger partial charge in [0.25, 0.3) is 0 Å². The fourth-order valence-corrected chi connectivity index (χ4v) is 2.16. The van der Waals surface area contributed by atoms with Crippen LogP contribution in [0.25, 0.3) is 0 Å². The molecule has 1 aromatic rings. The summed E-state index contributed by atoms with van der Waals surface area (Å²) in [5, 5.41) is 5.52. The Kier molecular flexibility index (Phi) is 7.26. The third-order valence-corrected chi connectivity index (χ3v) is 3.50. The fraction of sp³-hybridized carbons (Fsp3) is 0.579. The molecule has 2 amide bonds. The molecule has 0 aliphatic carbocycles. The van der Waals surface area contributed by atoms with Gasteiger partial charge in [-0.3, -0.25) is 4.79 Å². The molecular formula is C19H30N2O3. The molecule has 0 heterocycles. The van der Waals surface area contributed by atoms with Gasteiger partial charge in [-0.1, -0.05) is 38.1 Å². The number of carbonyl (C=O) groups is 2. The average molecular weight is 334 g/mol. The van der Waals surface area contributed by atoms with Crippen LogP contribution in [-0.2, 0) is 9.53 Å². The Morgan fingerprint density at radius 3 is 2.08 bits per heavy atom. The second-order valence-corrected chi connectivity index (χ2v) is 7.29. The van der Waals surface area contributed by atoms with E-state index in [1.807, 2.05) is 19.1 Å². The van der Waals surface area contributed by atoms with Gasteiger partial charge in [-0.2, -0.15) is 0 Å². The monoisotopic (exact) mass is 334 g/mol. The highest BCUT2D eigenvalue weighted by molar-refractivity contribution is 5.77. The summed E-state index contributed by atoms with van der Waals surface area (Å²) in [6.45, 7) is 11.9. The molecule has 0 aromatic heterocycles. The molecule has 0 saturated heterocycles. The van der Waals surface area contributed by atoms with Crippen molar-refractivity contribution in [2.24, 2.45) is 0 Å². The van der Waals surface area contributed by atoms with E-state index in [4.69, 9.17) is 4.74 Å². The molecule has 1 unspecified atom stereocenters. The molecule has 0 bridgehead atoms. The van der Waals surface area contributed by atoms with Crippen LogP contribution in [0.3, 0.4) is 0 Å². The Morgan fingerprint density at radius 2 is 1.58 bits per heavy atom. The number of hydrogen-bond donors (Lipinski definition) is 2. The van der Waals surface area contributed by atoms with E-state index in [1.54, 1.807) is 20.8 Å². The quantitative estimate of drug-likeness (QED) is 0.829. The van der Waals surface area contributed by atoms with E-state index in [0.29, 0.717) is 5.92 Å². The van der Waals surface area contributed by atoms with Gasteiger partial charge in [-0.15, -0.1) is 0 Å². The van der Waals surface area contributed by atoms with Crippen LogP contribution < -0.4 is 10.6 Å². The summed E-state index contributed by atoms with van der Waals surface area (Å²) in [5.41, 5.74) is 1.80. The summed E-state index contributed by atoms with van der Waals surface area (Å²) >= 11 is 0. The van der Waals surface area contributed by atoms with Crippen molar-refractivity contribution in [2.45, 2.75) is 65.5 Å². The Hall–Kier alpha value is -2.04. The lowest BCUT2D eigenvalue weighted by molar-refractivity contribution is -0.121. The number of carbonyl (C=O) groups excluding carboxylic acids is 2. The van der Waals surface area contributed by atoms with Crippen LogP contribution in [0.4, 0.5) is 4.79 Å². The molecule has 2 N–H and O–H groups in total. The molecule has 1 aromatic carbocycles. The summed E-state index contributed by atoms with van der Waals surface area (Å²) in [5.74, 6) is 0.384. The summed E-state index contributed by atoms with van der Waals surface area (Å²) < 4.78 is 5.12. The van der Waals surface area contributed by atoms with Crippen LogP contribution in [0.5, 0.6) is 0 Å². The first-order chi connectivity index (χ1) is 11.1. The van der Waals surface area contributed by atoms with Crippen molar-refractivity contribution in [3.05, 3.63) is 35.4 Å². The van der Waals surface area contributed by atoms with E-state index < -0.39 is 11.7 Å². The Balaban J connectivity index is 2.37. The molecule has 0 aliphatic heterocycles. The first-order valence-electron chi connectivity index (χ1n) is 8.44. The molecule has 0 fully saturated rings. The number of ether oxygens (including phenoxy) is 1. The number of rotatable bonds is 6. The van der Waals surface area contributed by atoms with Crippen LogP contribution in [-0.4, -0.2) is 24.1 Å². The highest BCUT2D eigenvalue weighted by Gasteiger charge is 2.16. The van der Waals surface area contributed by atoms with Crippen LogP contribution in [0.2, 0.25) is 0 Å².